The fourth-order valence-electron chi connectivity index (χ4n) is 3.64. The molecule has 32 heavy (non-hydrogen) atoms. The topological polar surface area (TPSA) is 95.3 Å². The molecule has 2 aromatic heterocycles. The van der Waals surface area contributed by atoms with Gasteiger partial charge in [0.25, 0.3) is 0 Å². The van der Waals surface area contributed by atoms with Gasteiger partial charge in [-0.05, 0) is 56.0 Å². The van der Waals surface area contributed by atoms with Crippen molar-refractivity contribution in [2.45, 2.75) is 31.3 Å². The van der Waals surface area contributed by atoms with Crippen LogP contribution in [0.15, 0.2) is 29.4 Å². The number of ether oxygens (including phenoxy) is 2. The van der Waals surface area contributed by atoms with E-state index in [1.54, 1.807) is 14.0 Å². The van der Waals surface area contributed by atoms with E-state index in [2.05, 4.69) is 15.5 Å². The lowest BCUT2D eigenvalue weighted by atomic mass is 10.1. The average Bonchev–Trinajstić information content (AvgIpc) is 3.47. The highest BCUT2D eigenvalue weighted by molar-refractivity contribution is 7.99. The molecular weight excluding hydrogens is 448 g/mol. The van der Waals surface area contributed by atoms with Gasteiger partial charge in [0.2, 0.25) is 5.91 Å². The molecule has 1 N–H and O–H groups in total. The molecule has 0 atom stereocenters. The third-order valence-electron chi connectivity index (χ3n) is 5.17. The van der Waals surface area contributed by atoms with E-state index in [0.717, 1.165) is 41.0 Å². The molecule has 1 aromatic carbocycles. The summed E-state index contributed by atoms with van der Waals surface area (Å²) >= 11 is 2.77. The predicted molar refractivity (Wildman–Crippen MR) is 125 cm³/mol. The molecular formula is C22H24N4O4S2. The summed E-state index contributed by atoms with van der Waals surface area (Å²) in [5, 5.41) is 12.6. The molecule has 0 aliphatic heterocycles. The highest BCUT2D eigenvalue weighted by atomic mass is 32.2. The minimum atomic E-state index is -0.368. The molecule has 3 aromatic rings. The van der Waals surface area contributed by atoms with E-state index >= 15 is 0 Å². The molecule has 0 saturated heterocycles. The summed E-state index contributed by atoms with van der Waals surface area (Å²) in [5.74, 6) is 1.06. The standard InChI is InChI=1S/C22H24N4O4S2/c1-4-30-21(28)18-15-6-5-7-16(15)32-20(18)23-17(27)12-31-22-25-24-19(26(22)2)13-8-10-14(29-3)11-9-13/h8-11H,4-7,12H2,1-3H3,(H,23,27). The molecule has 0 unspecified atom stereocenters. The Hall–Kier alpha value is -2.85. The molecule has 1 aliphatic rings. The van der Waals surface area contributed by atoms with Crippen molar-refractivity contribution in [3.8, 4) is 17.1 Å². The Balaban J connectivity index is 1.43. The van der Waals surface area contributed by atoms with Crippen molar-refractivity contribution in [2.24, 2.45) is 7.05 Å². The zero-order valence-corrected chi connectivity index (χ0v) is 19.8. The average molecular weight is 473 g/mol. The number of aryl methyl sites for hydroxylation is 1. The number of aromatic nitrogens is 3. The number of esters is 1. The highest BCUT2D eigenvalue weighted by Crippen LogP contribution is 2.39. The Kier molecular flexibility index (Phi) is 6.80. The number of thioether (sulfide) groups is 1. The van der Waals surface area contributed by atoms with Crippen LogP contribution in [0.3, 0.4) is 0 Å². The summed E-state index contributed by atoms with van der Waals surface area (Å²) in [7, 11) is 3.49. The van der Waals surface area contributed by atoms with Gasteiger partial charge in [-0.1, -0.05) is 11.8 Å². The number of hydrogen-bond acceptors (Lipinski definition) is 8. The van der Waals surface area contributed by atoms with Crippen molar-refractivity contribution in [2.75, 3.05) is 24.8 Å². The van der Waals surface area contributed by atoms with Gasteiger partial charge in [0.1, 0.15) is 10.8 Å². The van der Waals surface area contributed by atoms with Gasteiger partial charge in [-0.25, -0.2) is 4.79 Å². The molecule has 0 radical (unpaired) electrons. The fraction of sp³-hybridized carbons (Fsp3) is 0.364. The second kappa shape index (κ2) is 9.74. The third-order valence-corrected chi connectivity index (χ3v) is 7.40. The minimum Gasteiger partial charge on any atom is -0.497 e. The van der Waals surface area contributed by atoms with Crippen molar-refractivity contribution < 1.29 is 19.1 Å². The first kappa shape index (κ1) is 22.3. The van der Waals surface area contributed by atoms with E-state index in [4.69, 9.17) is 9.47 Å². The van der Waals surface area contributed by atoms with Gasteiger partial charge in [-0.15, -0.1) is 21.5 Å². The SMILES string of the molecule is CCOC(=O)c1c(NC(=O)CSc2nnc(-c3ccc(OC)cc3)n2C)sc2c1CCC2. The molecule has 0 bridgehead atoms. The molecule has 10 heteroatoms. The summed E-state index contributed by atoms with van der Waals surface area (Å²) in [5.41, 5.74) is 2.45. The molecule has 1 aliphatic carbocycles. The van der Waals surface area contributed by atoms with Crippen LogP contribution in [0.4, 0.5) is 5.00 Å². The second-order valence-corrected chi connectivity index (χ2v) is 9.26. The maximum atomic E-state index is 12.7. The van der Waals surface area contributed by atoms with Gasteiger partial charge >= 0.3 is 5.97 Å². The lowest BCUT2D eigenvalue weighted by molar-refractivity contribution is -0.113. The van der Waals surface area contributed by atoms with Gasteiger partial charge < -0.3 is 19.4 Å². The molecule has 1 amide bonds. The van der Waals surface area contributed by atoms with E-state index < -0.39 is 0 Å². The second-order valence-electron chi connectivity index (χ2n) is 7.21. The van der Waals surface area contributed by atoms with Gasteiger partial charge in [-0.2, -0.15) is 0 Å². The maximum absolute atomic E-state index is 12.7. The fourth-order valence-corrected chi connectivity index (χ4v) is 5.64. The van der Waals surface area contributed by atoms with Crippen LogP contribution in [0, 0.1) is 0 Å². The molecule has 2 heterocycles. The summed E-state index contributed by atoms with van der Waals surface area (Å²) in [6.45, 7) is 2.08. The number of fused-ring (bicyclic) bond motifs is 1. The molecule has 0 saturated carbocycles. The highest BCUT2D eigenvalue weighted by Gasteiger charge is 2.28. The number of amides is 1. The first-order valence-corrected chi connectivity index (χ1v) is 12.1. The number of benzene rings is 1. The number of carbonyl (C=O) groups is 2. The van der Waals surface area contributed by atoms with E-state index in [1.165, 1.54) is 23.1 Å². The number of carbonyl (C=O) groups excluding carboxylic acids is 2. The van der Waals surface area contributed by atoms with Crippen LogP contribution >= 0.6 is 23.1 Å². The zero-order chi connectivity index (χ0) is 22.7. The Morgan fingerprint density at radius 1 is 1.22 bits per heavy atom. The van der Waals surface area contributed by atoms with Crippen molar-refractivity contribution in [1.29, 1.82) is 0 Å². The van der Waals surface area contributed by atoms with E-state index in [9.17, 15) is 9.59 Å². The Bertz CT molecular complexity index is 1140. The smallest absolute Gasteiger partial charge is 0.341 e. The van der Waals surface area contributed by atoms with Gasteiger partial charge in [0.05, 0.1) is 25.0 Å². The molecule has 0 fully saturated rings. The Morgan fingerprint density at radius 3 is 2.72 bits per heavy atom. The lowest BCUT2D eigenvalue weighted by Crippen LogP contribution is -2.17. The first-order chi connectivity index (χ1) is 15.5. The van der Waals surface area contributed by atoms with E-state index in [1.807, 2.05) is 35.9 Å². The van der Waals surface area contributed by atoms with Gasteiger partial charge in [0, 0.05) is 17.5 Å². The van der Waals surface area contributed by atoms with Crippen molar-refractivity contribution in [1.82, 2.24) is 14.8 Å². The van der Waals surface area contributed by atoms with Crippen molar-refractivity contribution in [3.05, 3.63) is 40.3 Å². The molecule has 8 nitrogen and oxygen atoms in total. The normalized spacial score (nSPS) is 12.5. The molecule has 0 spiro atoms. The van der Waals surface area contributed by atoms with E-state index in [0.29, 0.717) is 28.2 Å². The maximum Gasteiger partial charge on any atom is 0.341 e. The van der Waals surface area contributed by atoms with Crippen LogP contribution in [0.5, 0.6) is 5.75 Å². The summed E-state index contributed by atoms with van der Waals surface area (Å²) in [6.07, 6.45) is 2.81. The third kappa shape index (κ3) is 4.51. The van der Waals surface area contributed by atoms with Crippen molar-refractivity contribution >= 4 is 40.0 Å². The number of methoxy groups -OCH3 is 1. The van der Waals surface area contributed by atoms with Crippen LogP contribution in [0.25, 0.3) is 11.4 Å². The van der Waals surface area contributed by atoms with Gasteiger partial charge in [-0.3, -0.25) is 4.79 Å². The number of nitrogens with zero attached hydrogens (tertiary/aromatic N) is 3. The van der Waals surface area contributed by atoms with Crippen LogP contribution in [-0.2, 0) is 29.4 Å². The van der Waals surface area contributed by atoms with E-state index in [-0.39, 0.29) is 17.6 Å². The van der Waals surface area contributed by atoms with Crippen molar-refractivity contribution in [3.63, 3.8) is 0 Å². The Morgan fingerprint density at radius 2 is 2.00 bits per heavy atom. The van der Waals surface area contributed by atoms with Crippen LogP contribution in [0.2, 0.25) is 0 Å². The number of nitrogens with one attached hydrogen (secondary N) is 1. The van der Waals surface area contributed by atoms with Crippen LogP contribution < -0.4 is 10.1 Å². The van der Waals surface area contributed by atoms with Crippen LogP contribution in [-0.4, -0.2) is 46.1 Å². The van der Waals surface area contributed by atoms with Crippen LogP contribution in [0.1, 0.15) is 34.1 Å². The minimum absolute atomic E-state index is 0.152. The number of hydrogen-bond donors (Lipinski definition) is 1. The zero-order valence-electron chi connectivity index (χ0n) is 18.1. The molecule has 4 rings (SSSR count). The predicted octanol–water partition coefficient (Wildman–Crippen LogP) is 3.95. The lowest BCUT2D eigenvalue weighted by Gasteiger charge is -2.08. The summed E-state index contributed by atoms with van der Waals surface area (Å²) < 4.78 is 12.3. The number of anilines is 1. The van der Waals surface area contributed by atoms with Gasteiger partial charge in [0.15, 0.2) is 11.0 Å². The quantitative estimate of drug-likeness (QED) is 0.392. The summed E-state index contributed by atoms with van der Waals surface area (Å²) in [4.78, 5) is 26.3. The summed E-state index contributed by atoms with van der Waals surface area (Å²) in [6, 6.07) is 7.56. The number of rotatable bonds is 8. The Labute approximate surface area is 194 Å². The first-order valence-electron chi connectivity index (χ1n) is 10.3. The largest absolute Gasteiger partial charge is 0.497 e. The number of thiophene rings is 1. The molecule has 168 valence electrons. The monoisotopic (exact) mass is 472 g/mol.